The fourth-order valence-corrected chi connectivity index (χ4v) is 1.44. The third kappa shape index (κ3) is 3.84. The number of benzene rings is 1. The highest BCUT2D eigenvalue weighted by atomic mass is 16.5. The molecule has 0 saturated heterocycles. The van der Waals surface area contributed by atoms with Crippen molar-refractivity contribution < 1.29 is 19.2 Å². The zero-order valence-corrected chi connectivity index (χ0v) is 9.79. The van der Waals surface area contributed by atoms with Crippen LogP contribution < -0.4 is 10.6 Å². The van der Waals surface area contributed by atoms with Crippen LogP contribution in [0, 0.1) is 0 Å². The van der Waals surface area contributed by atoms with E-state index in [1.807, 2.05) is 0 Å². The summed E-state index contributed by atoms with van der Waals surface area (Å²) < 4.78 is 4.72. The highest BCUT2D eigenvalue weighted by Crippen LogP contribution is 2.11. The zero-order chi connectivity index (χ0) is 13.7. The number of rotatable bonds is 4. The molecule has 0 aliphatic rings. The molecule has 2 rings (SSSR count). The highest BCUT2D eigenvalue weighted by molar-refractivity contribution is 5.98. The zero-order valence-electron chi connectivity index (χ0n) is 9.79. The van der Waals surface area contributed by atoms with E-state index in [0.29, 0.717) is 11.3 Å². The normalized spacial score (nSPS) is 9.89. The Morgan fingerprint density at radius 2 is 1.89 bits per heavy atom. The molecule has 0 aliphatic heterocycles. The Morgan fingerprint density at radius 3 is 2.47 bits per heavy atom. The summed E-state index contributed by atoms with van der Waals surface area (Å²) in [6.45, 7) is 0. The van der Waals surface area contributed by atoms with Crippen molar-refractivity contribution in [3.8, 4) is 0 Å². The van der Waals surface area contributed by atoms with Gasteiger partial charge in [0.1, 0.15) is 0 Å². The Bertz CT molecular complexity index is 563. The molecule has 3 N–H and O–H groups in total. The maximum Gasteiger partial charge on any atom is 0.326 e. The molecular weight excluding hydrogens is 250 g/mol. The first kappa shape index (κ1) is 12.6. The van der Waals surface area contributed by atoms with Gasteiger partial charge in [0.05, 0.1) is 12.6 Å². The Morgan fingerprint density at radius 1 is 1.16 bits per heavy atom. The molecule has 7 nitrogen and oxygen atoms in total. The van der Waals surface area contributed by atoms with Crippen molar-refractivity contribution in [1.82, 2.24) is 5.16 Å². The lowest BCUT2D eigenvalue weighted by Crippen LogP contribution is -2.19. The van der Waals surface area contributed by atoms with Gasteiger partial charge in [-0.05, 0) is 17.7 Å². The number of anilines is 2. The SMILES string of the molecule is O=C(O)Cc1ccc(NC(=O)Nc2ccno2)cc1. The van der Waals surface area contributed by atoms with Crippen LogP contribution in [0.25, 0.3) is 0 Å². The molecule has 2 amide bonds. The van der Waals surface area contributed by atoms with Crippen molar-refractivity contribution in [2.75, 3.05) is 10.6 Å². The number of nitrogens with zero attached hydrogens (tertiary/aromatic N) is 1. The minimum absolute atomic E-state index is 0.0511. The largest absolute Gasteiger partial charge is 0.481 e. The van der Waals surface area contributed by atoms with Gasteiger partial charge in [-0.2, -0.15) is 0 Å². The Labute approximate surface area is 108 Å². The lowest BCUT2D eigenvalue weighted by atomic mass is 10.1. The number of aromatic nitrogens is 1. The lowest BCUT2D eigenvalue weighted by Gasteiger charge is -2.05. The first-order chi connectivity index (χ1) is 9.13. The van der Waals surface area contributed by atoms with Crippen molar-refractivity contribution in [1.29, 1.82) is 0 Å². The summed E-state index contributed by atoms with van der Waals surface area (Å²) in [6.07, 6.45) is 1.36. The molecule has 0 spiro atoms. The molecule has 0 fully saturated rings. The molecule has 1 aromatic carbocycles. The molecule has 7 heteroatoms. The topological polar surface area (TPSA) is 104 Å². The summed E-state index contributed by atoms with van der Waals surface area (Å²) in [6, 6.07) is 7.56. The van der Waals surface area contributed by atoms with Crippen molar-refractivity contribution in [2.24, 2.45) is 0 Å². The molecule has 0 radical (unpaired) electrons. The molecule has 1 heterocycles. The van der Waals surface area contributed by atoms with Gasteiger partial charge in [-0.15, -0.1) is 0 Å². The maximum absolute atomic E-state index is 11.5. The fourth-order valence-electron chi connectivity index (χ4n) is 1.44. The van der Waals surface area contributed by atoms with Crippen LogP contribution in [0.3, 0.4) is 0 Å². The summed E-state index contributed by atoms with van der Waals surface area (Å²) in [5.74, 6) is -0.663. The van der Waals surface area contributed by atoms with Crippen molar-refractivity contribution in [3.05, 3.63) is 42.1 Å². The van der Waals surface area contributed by atoms with E-state index in [2.05, 4.69) is 15.8 Å². The van der Waals surface area contributed by atoms with Gasteiger partial charge in [0.25, 0.3) is 0 Å². The van der Waals surface area contributed by atoms with Gasteiger partial charge in [-0.25, -0.2) is 4.79 Å². The van der Waals surface area contributed by atoms with Gasteiger partial charge in [-0.3, -0.25) is 10.1 Å². The number of nitrogens with one attached hydrogen (secondary N) is 2. The molecule has 98 valence electrons. The molecule has 2 aromatic rings. The minimum Gasteiger partial charge on any atom is -0.481 e. The van der Waals surface area contributed by atoms with Crippen LogP contribution in [-0.2, 0) is 11.2 Å². The smallest absolute Gasteiger partial charge is 0.326 e. The second-order valence-electron chi connectivity index (χ2n) is 3.72. The Kier molecular flexibility index (Phi) is 3.77. The number of carbonyl (C=O) groups is 2. The molecule has 1 aromatic heterocycles. The Hall–Kier alpha value is -2.83. The third-order valence-corrected chi connectivity index (χ3v) is 2.24. The molecule has 0 aliphatic carbocycles. The minimum atomic E-state index is -0.899. The van der Waals surface area contributed by atoms with E-state index in [1.54, 1.807) is 24.3 Å². The van der Waals surface area contributed by atoms with Crippen molar-refractivity contribution in [2.45, 2.75) is 6.42 Å². The molecule has 0 atom stereocenters. The number of carboxylic acids is 1. The molecule has 0 unspecified atom stereocenters. The van der Waals surface area contributed by atoms with Gasteiger partial charge in [0, 0.05) is 11.8 Å². The molecule has 0 saturated carbocycles. The number of carbonyl (C=O) groups excluding carboxylic acids is 1. The van der Waals surface area contributed by atoms with E-state index in [0.717, 1.165) is 0 Å². The second-order valence-corrected chi connectivity index (χ2v) is 3.72. The summed E-state index contributed by atoms with van der Waals surface area (Å²) in [4.78, 5) is 22.1. The monoisotopic (exact) mass is 261 g/mol. The maximum atomic E-state index is 11.5. The summed E-state index contributed by atoms with van der Waals surface area (Å²) in [7, 11) is 0. The predicted molar refractivity (Wildman–Crippen MR) is 66.9 cm³/mol. The van der Waals surface area contributed by atoms with E-state index in [-0.39, 0.29) is 12.3 Å². The van der Waals surface area contributed by atoms with Gasteiger partial charge >= 0.3 is 12.0 Å². The summed E-state index contributed by atoms with van der Waals surface area (Å²) in [5, 5.41) is 17.1. The van der Waals surface area contributed by atoms with Crippen LogP contribution in [0.2, 0.25) is 0 Å². The van der Waals surface area contributed by atoms with Gasteiger partial charge in [0.15, 0.2) is 0 Å². The first-order valence-corrected chi connectivity index (χ1v) is 5.43. The van der Waals surface area contributed by atoms with Crippen LogP contribution in [0.15, 0.2) is 41.1 Å². The Balaban J connectivity index is 1.92. The fraction of sp³-hybridized carbons (Fsp3) is 0.0833. The number of urea groups is 1. The second kappa shape index (κ2) is 5.67. The van der Waals surface area contributed by atoms with Gasteiger partial charge in [0.2, 0.25) is 5.88 Å². The summed E-state index contributed by atoms with van der Waals surface area (Å²) in [5.41, 5.74) is 1.21. The van der Waals surface area contributed by atoms with E-state index in [4.69, 9.17) is 9.63 Å². The molecule has 19 heavy (non-hydrogen) atoms. The predicted octanol–water partition coefficient (Wildman–Crippen LogP) is 1.95. The van der Waals surface area contributed by atoms with Crippen molar-refractivity contribution >= 4 is 23.6 Å². The number of carboxylic acid groups (broad SMARTS) is 1. The van der Waals surface area contributed by atoms with Crippen LogP contribution in [0.4, 0.5) is 16.4 Å². The molecular formula is C12H11N3O4. The first-order valence-electron chi connectivity index (χ1n) is 5.43. The lowest BCUT2D eigenvalue weighted by molar-refractivity contribution is -0.136. The number of hydrogen-bond acceptors (Lipinski definition) is 4. The third-order valence-electron chi connectivity index (χ3n) is 2.24. The van der Waals surface area contributed by atoms with E-state index >= 15 is 0 Å². The van der Waals surface area contributed by atoms with E-state index < -0.39 is 12.0 Å². The van der Waals surface area contributed by atoms with Crippen LogP contribution in [-0.4, -0.2) is 22.3 Å². The van der Waals surface area contributed by atoms with E-state index in [9.17, 15) is 9.59 Å². The number of hydrogen-bond donors (Lipinski definition) is 3. The number of amides is 2. The van der Waals surface area contributed by atoms with Gasteiger partial charge in [-0.1, -0.05) is 17.3 Å². The average molecular weight is 261 g/mol. The number of aliphatic carboxylic acids is 1. The molecule has 0 bridgehead atoms. The quantitative estimate of drug-likeness (QED) is 0.780. The standard InChI is InChI=1S/C12H11N3O4/c16-11(17)7-8-1-3-9(4-2-8)14-12(18)15-10-5-6-13-19-10/h1-6H,7H2,(H,16,17)(H2,14,15,18). The van der Waals surface area contributed by atoms with Crippen LogP contribution in [0.5, 0.6) is 0 Å². The summed E-state index contributed by atoms with van der Waals surface area (Å²) >= 11 is 0. The van der Waals surface area contributed by atoms with E-state index in [1.165, 1.54) is 12.3 Å². The van der Waals surface area contributed by atoms with Crippen LogP contribution >= 0.6 is 0 Å². The van der Waals surface area contributed by atoms with Crippen LogP contribution in [0.1, 0.15) is 5.56 Å². The van der Waals surface area contributed by atoms with Crippen molar-refractivity contribution in [3.63, 3.8) is 0 Å². The van der Waals surface area contributed by atoms with Gasteiger partial charge < -0.3 is 14.9 Å². The average Bonchev–Trinajstić information content (AvgIpc) is 2.83. The highest BCUT2D eigenvalue weighted by Gasteiger charge is 2.05.